The predicted molar refractivity (Wildman–Crippen MR) is 62.4 cm³/mol. The van der Waals surface area contributed by atoms with Crippen molar-refractivity contribution in [1.82, 2.24) is 5.32 Å². The number of rotatable bonds is 1. The molecule has 1 nitrogen and oxygen atoms in total. The molecule has 0 amide bonds. The second kappa shape index (κ2) is 3.98. The summed E-state index contributed by atoms with van der Waals surface area (Å²) in [5.74, 6) is 1.23. The van der Waals surface area contributed by atoms with Crippen molar-refractivity contribution in [2.75, 3.05) is 12.3 Å². The summed E-state index contributed by atoms with van der Waals surface area (Å²) in [6.07, 6.45) is 0. The zero-order valence-corrected chi connectivity index (χ0v) is 9.56. The highest BCUT2D eigenvalue weighted by Crippen LogP contribution is 2.30. The molecule has 1 aliphatic rings. The average molecular weight is 291 g/mol. The van der Waals surface area contributed by atoms with E-state index >= 15 is 0 Å². The van der Waals surface area contributed by atoms with Crippen LogP contribution in [0, 0.1) is 3.57 Å². The highest BCUT2D eigenvalue weighted by atomic mass is 127. The van der Waals surface area contributed by atoms with Crippen molar-refractivity contribution in [3.05, 3.63) is 33.4 Å². The number of hydrogen-bond acceptors (Lipinski definition) is 2. The van der Waals surface area contributed by atoms with E-state index in [1.54, 1.807) is 0 Å². The topological polar surface area (TPSA) is 12.0 Å². The van der Waals surface area contributed by atoms with Crippen LogP contribution in [0.25, 0.3) is 0 Å². The first-order chi connectivity index (χ1) is 5.86. The Morgan fingerprint density at radius 2 is 2.42 bits per heavy atom. The zero-order chi connectivity index (χ0) is 8.39. The van der Waals surface area contributed by atoms with Crippen LogP contribution < -0.4 is 5.32 Å². The summed E-state index contributed by atoms with van der Waals surface area (Å²) in [5.41, 5.74) is 1.41. The van der Waals surface area contributed by atoms with Gasteiger partial charge in [-0.2, -0.15) is 0 Å². The average Bonchev–Trinajstić information content (AvgIpc) is 2.56. The zero-order valence-electron chi connectivity index (χ0n) is 6.59. The first-order valence-electron chi connectivity index (χ1n) is 3.97. The highest BCUT2D eigenvalue weighted by molar-refractivity contribution is 14.1. The largest absolute Gasteiger partial charge is 0.301 e. The Morgan fingerprint density at radius 1 is 1.50 bits per heavy atom. The molecule has 1 aromatic rings. The normalized spacial score (nSPS) is 22.9. The van der Waals surface area contributed by atoms with Crippen LogP contribution in [0.1, 0.15) is 10.9 Å². The molecule has 0 spiro atoms. The van der Waals surface area contributed by atoms with Crippen molar-refractivity contribution in [1.29, 1.82) is 0 Å². The summed E-state index contributed by atoms with van der Waals surface area (Å²) in [7, 11) is 0. The Morgan fingerprint density at radius 3 is 3.08 bits per heavy atom. The first-order valence-corrected chi connectivity index (χ1v) is 6.09. The number of hydrogen-bond donors (Lipinski definition) is 1. The van der Waals surface area contributed by atoms with Gasteiger partial charge in [0.2, 0.25) is 0 Å². The van der Waals surface area contributed by atoms with Gasteiger partial charge in [-0.05, 0) is 40.3 Å². The van der Waals surface area contributed by atoms with Gasteiger partial charge < -0.3 is 5.32 Å². The van der Waals surface area contributed by atoms with Gasteiger partial charge in [-0.15, -0.1) is 11.8 Å². The lowest BCUT2D eigenvalue weighted by molar-refractivity contribution is 0.750. The van der Waals surface area contributed by atoms with Crippen LogP contribution in [0.4, 0.5) is 0 Å². The van der Waals surface area contributed by atoms with Crippen LogP contribution in [0.5, 0.6) is 0 Å². The van der Waals surface area contributed by atoms with Crippen molar-refractivity contribution >= 4 is 34.4 Å². The first kappa shape index (κ1) is 8.84. The third-order valence-corrected chi connectivity index (χ3v) is 3.75. The summed E-state index contributed by atoms with van der Waals surface area (Å²) < 4.78 is 1.32. The Kier molecular flexibility index (Phi) is 2.93. The monoisotopic (exact) mass is 291 g/mol. The fourth-order valence-corrected chi connectivity index (χ4v) is 2.92. The maximum Gasteiger partial charge on any atom is 0.0790 e. The minimum atomic E-state index is 0.528. The van der Waals surface area contributed by atoms with Crippen LogP contribution in [0.15, 0.2) is 24.3 Å². The van der Waals surface area contributed by atoms with Gasteiger partial charge in [-0.3, -0.25) is 0 Å². The molecule has 1 aliphatic heterocycles. The Labute approximate surface area is 90.5 Å². The van der Waals surface area contributed by atoms with Crippen LogP contribution in [0.2, 0.25) is 0 Å². The van der Waals surface area contributed by atoms with Gasteiger partial charge in [0.05, 0.1) is 5.37 Å². The summed E-state index contributed by atoms with van der Waals surface area (Å²) in [6, 6.07) is 8.69. The molecule has 0 bridgehead atoms. The molecule has 0 aromatic heterocycles. The minimum Gasteiger partial charge on any atom is -0.301 e. The molecular weight excluding hydrogens is 281 g/mol. The van der Waals surface area contributed by atoms with E-state index in [-0.39, 0.29) is 0 Å². The van der Waals surface area contributed by atoms with Crippen LogP contribution in [-0.4, -0.2) is 12.3 Å². The molecule has 1 aromatic carbocycles. The van der Waals surface area contributed by atoms with Crippen molar-refractivity contribution in [3.63, 3.8) is 0 Å². The summed E-state index contributed by atoms with van der Waals surface area (Å²) in [6.45, 7) is 1.14. The molecule has 1 atom stereocenters. The molecule has 1 unspecified atom stereocenters. The van der Waals surface area contributed by atoms with E-state index in [2.05, 4.69) is 52.2 Å². The van der Waals surface area contributed by atoms with E-state index in [1.165, 1.54) is 14.9 Å². The summed E-state index contributed by atoms with van der Waals surface area (Å²) in [5, 5.41) is 3.99. The molecule has 0 saturated carbocycles. The molecule has 0 radical (unpaired) electrons. The molecule has 3 heteroatoms. The van der Waals surface area contributed by atoms with Gasteiger partial charge >= 0.3 is 0 Å². The summed E-state index contributed by atoms with van der Waals surface area (Å²) in [4.78, 5) is 0. The van der Waals surface area contributed by atoms with Crippen molar-refractivity contribution < 1.29 is 0 Å². The van der Waals surface area contributed by atoms with E-state index in [4.69, 9.17) is 0 Å². The van der Waals surface area contributed by atoms with Gasteiger partial charge in [0.1, 0.15) is 0 Å². The van der Waals surface area contributed by atoms with Gasteiger partial charge in [0.15, 0.2) is 0 Å². The van der Waals surface area contributed by atoms with Gasteiger partial charge in [-0.25, -0.2) is 0 Å². The molecule has 12 heavy (non-hydrogen) atoms. The third kappa shape index (κ3) is 1.95. The molecule has 1 heterocycles. The molecule has 2 rings (SSSR count). The van der Waals surface area contributed by atoms with Gasteiger partial charge in [0.25, 0.3) is 0 Å². The van der Waals surface area contributed by atoms with Crippen LogP contribution in [0.3, 0.4) is 0 Å². The number of thioether (sulfide) groups is 1. The molecular formula is C9H10INS. The molecule has 64 valence electrons. The van der Waals surface area contributed by atoms with E-state index in [0.29, 0.717) is 5.37 Å². The standard InChI is InChI=1S/C9H10INS/c10-8-3-1-2-7(6-8)9-11-4-5-12-9/h1-3,6,9,11H,4-5H2. The number of benzene rings is 1. The Bertz CT molecular complexity index is 271. The lowest BCUT2D eigenvalue weighted by Crippen LogP contribution is -2.11. The Hall–Kier alpha value is 0.260. The predicted octanol–water partition coefficient (Wildman–Crippen LogP) is 2.63. The fraction of sp³-hybridized carbons (Fsp3) is 0.333. The van der Waals surface area contributed by atoms with Gasteiger partial charge in [0, 0.05) is 15.9 Å². The van der Waals surface area contributed by atoms with Crippen LogP contribution in [-0.2, 0) is 0 Å². The lowest BCUT2D eigenvalue weighted by Gasteiger charge is -2.09. The quantitative estimate of drug-likeness (QED) is 0.798. The second-order valence-corrected chi connectivity index (χ2v) is 5.22. The maximum atomic E-state index is 3.46. The smallest absolute Gasteiger partial charge is 0.0790 e. The second-order valence-electron chi connectivity index (χ2n) is 2.76. The maximum absolute atomic E-state index is 3.46. The molecule has 1 N–H and O–H groups in total. The minimum absolute atomic E-state index is 0.528. The van der Waals surface area contributed by atoms with E-state index in [1.807, 2.05) is 11.8 Å². The lowest BCUT2D eigenvalue weighted by atomic mass is 10.2. The van der Waals surface area contributed by atoms with Crippen molar-refractivity contribution in [3.8, 4) is 0 Å². The highest BCUT2D eigenvalue weighted by Gasteiger charge is 2.15. The van der Waals surface area contributed by atoms with E-state index < -0.39 is 0 Å². The third-order valence-electron chi connectivity index (χ3n) is 1.87. The van der Waals surface area contributed by atoms with Crippen molar-refractivity contribution in [2.45, 2.75) is 5.37 Å². The number of halogens is 1. The summed E-state index contributed by atoms with van der Waals surface area (Å²) >= 11 is 4.34. The molecule has 1 saturated heterocycles. The van der Waals surface area contributed by atoms with Crippen molar-refractivity contribution in [2.24, 2.45) is 0 Å². The fourth-order valence-electron chi connectivity index (χ4n) is 1.31. The van der Waals surface area contributed by atoms with Crippen LogP contribution >= 0.6 is 34.4 Å². The number of nitrogens with one attached hydrogen (secondary N) is 1. The Balaban J connectivity index is 2.21. The molecule has 0 aliphatic carbocycles. The SMILES string of the molecule is Ic1cccc(C2NCCS2)c1. The molecule has 1 fully saturated rings. The van der Waals surface area contributed by atoms with E-state index in [0.717, 1.165) is 6.54 Å². The van der Waals surface area contributed by atoms with Gasteiger partial charge in [-0.1, -0.05) is 12.1 Å². The van der Waals surface area contributed by atoms with E-state index in [9.17, 15) is 0 Å².